The summed E-state index contributed by atoms with van der Waals surface area (Å²) in [6.07, 6.45) is 4.70. The Hall–Kier alpha value is -2.28. The maximum atomic E-state index is 5.14. The molecule has 2 aromatic rings. The molecule has 0 radical (unpaired) electrons. The first-order chi connectivity index (χ1) is 12.2. The number of ether oxygens (including phenoxy) is 1. The van der Waals surface area contributed by atoms with Crippen LogP contribution in [0.2, 0.25) is 0 Å². The molecule has 0 unspecified atom stereocenters. The molecule has 0 atom stereocenters. The van der Waals surface area contributed by atoms with Crippen molar-refractivity contribution < 1.29 is 4.74 Å². The number of hydrogen-bond donors (Lipinski definition) is 1. The number of nitrogens with one attached hydrogen (secondary N) is 1. The van der Waals surface area contributed by atoms with Gasteiger partial charge >= 0.3 is 0 Å². The zero-order chi connectivity index (χ0) is 17.6. The zero-order valence-corrected chi connectivity index (χ0v) is 15.2. The van der Waals surface area contributed by atoms with Crippen molar-refractivity contribution in [3.05, 3.63) is 35.7 Å². The van der Waals surface area contributed by atoms with Gasteiger partial charge in [-0.2, -0.15) is 0 Å². The van der Waals surface area contributed by atoms with Gasteiger partial charge in [-0.3, -0.25) is 0 Å². The second kappa shape index (κ2) is 8.20. The van der Waals surface area contributed by atoms with E-state index < -0.39 is 0 Å². The molecule has 0 aliphatic carbocycles. The highest BCUT2D eigenvalue weighted by Crippen LogP contribution is 2.20. The minimum absolute atomic E-state index is 0.411. The fourth-order valence-corrected chi connectivity index (χ4v) is 3.11. The van der Waals surface area contributed by atoms with Gasteiger partial charge in [-0.25, -0.2) is 19.9 Å². The number of anilines is 2. The smallest absolute Gasteiger partial charge is 0.156 e. The minimum Gasteiger partial charge on any atom is -0.377 e. The van der Waals surface area contributed by atoms with Crippen LogP contribution in [0.5, 0.6) is 0 Å². The van der Waals surface area contributed by atoms with E-state index in [0.717, 1.165) is 61.2 Å². The van der Waals surface area contributed by atoms with Gasteiger partial charge in [0.1, 0.15) is 24.6 Å². The quantitative estimate of drug-likeness (QED) is 0.863. The number of hydrogen-bond acceptors (Lipinski definition) is 7. The summed E-state index contributed by atoms with van der Waals surface area (Å²) in [6.45, 7) is 6.49. The molecular weight excluding hydrogens is 316 g/mol. The molecule has 0 spiro atoms. The molecule has 1 aliphatic rings. The van der Waals surface area contributed by atoms with Crippen molar-refractivity contribution in [3.8, 4) is 0 Å². The van der Waals surface area contributed by atoms with E-state index in [1.807, 2.05) is 13.0 Å². The van der Waals surface area contributed by atoms with Gasteiger partial charge in [-0.15, -0.1) is 0 Å². The van der Waals surface area contributed by atoms with Crippen LogP contribution in [0.25, 0.3) is 0 Å². The summed E-state index contributed by atoms with van der Waals surface area (Å²) >= 11 is 0. The highest BCUT2D eigenvalue weighted by atomic mass is 16.5. The van der Waals surface area contributed by atoms with E-state index in [1.165, 1.54) is 0 Å². The van der Waals surface area contributed by atoms with E-state index >= 15 is 0 Å². The Morgan fingerprint density at radius 3 is 2.72 bits per heavy atom. The highest BCUT2D eigenvalue weighted by molar-refractivity contribution is 5.41. The van der Waals surface area contributed by atoms with Crippen LogP contribution >= 0.6 is 0 Å². The lowest BCUT2D eigenvalue weighted by Gasteiger charge is -2.33. The molecule has 0 saturated carbocycles. The molecule has 1 N–H and O–H groups in total. The van der Waals surface area contributed by atoms with E-state index in [2.05, 4.69) is 43.1 Å². The monoisotopic (exact) mass is 342 g/mol. The molecule has 2 aromatic heterocycles. The predicted molar refractivity (Wildman–Crippen MR) is 97.7 cm³/mol. The molecule has 3 heterocycles. The lowest BCUT2D eigenvalue weighted by atomic mass is 10.0. The molecule has 3 rings (SSSR count). The van der Waals surface area contributed by atoms with Gasteiger partial charge in [-0.1, -0.05) is 6.92 Å². The summed E-state index contributed by atoms with van der Waals surface area (Å²) in [7, 11) is 1.66. The van der Waals surface area contributed by atoms with Crippen molar-refractivity contribution in [2.45, 2.75) is 45.8 Å². The molecule has 7 nitrogen and oxygen atoms in total. The fourth-order valence-electron chi connectivity index (χ4n) is 3.11. The number of aromatic nitrogens is 4. The van der Waals surface area contributed by atoms with E-state index in [9.17, 15) is 0 Å². The molecular formula is C18H26N6O. The zero-order valence-electron chi connectivity index (χ0n) is 15.2. The summed E-state index contributed by atoms with van der Waals surface area (Å²) in [6, 6.07) is 4.50. The Morgan fingerprint density at radius 2 is 2.00 bits per heavy atom. The van der Waals surface area contributed by atoms with E-state index in [1.54, 1.807) is 13.4 Å². The van der Waals surface area contributed by atoms with Gasteiger partial charge in [-0.05, 0) is 26.2 Å². The van der Waals surface area contributed by atoms with E-state index in [4.69, 9.17) is 4.74 Å². The lowest BCUT2D eigenvalue weighted by molar-refractivity contribution is 0.177. The maximum Gasteiger partial charge on any atom is 0.156 e. The van der Waals surface area contributed by atoms with Crippen LogP contribution in [0, 0.1) is 6.92 Å². The van der Waals surface area contributed by atoms with E-state index in [-0.39, 0.29) is 0 Å². The van der Waals surface area contributed by atoms with Crippen molar-refractivity contribution in [2.24, 2.45) is 0 Å². The predicted octanol–water partition coefficient (Wildman–Crippen LogP) is 2.36. The Kier molecular flexibility index (Phi) is 5.75. The molecule has 134 valence electrons. The van der Waals surface area contributed by atoms with Gasteiger partial charge < -0.3 is 15.0 Å². The number of aryl methyl sites for hydroxylation is 2. The highest BCUT2D eigenvalue weighted by Gasteiger charge is 2.21. The van der Waals surface area contributed by atoms with Crippen LogP contribution in [0.1, 0.15) is 37.0 Å². The molecule has 0 bridgehead atoms. The Labute approximate surface area is 148 Å². The van der Waals surface area contributed by atoms with Crippen LogP contribution in [-0.2, 0) is 17.8 Å². The SMILES string of the molecule is CCc1cc(N2CCC(Nc3cc(C)nc(COC)n3)CC2)ncn1. The first-order valence-electron chi connectivity index (χ1n) is 8.84. The van der Waals surface area contributed by atoms with Crippen molar-refractivity contribution in [2.75, 3.05) is 30.4 Å². The maximum absolute atomic E-state index is 5.14. The third kappa shape index (κ3) is 4.63. The minimum atomic E-state index is 0.411. The number of methoxy groups -OCH3 is 1. The van der Waals surface area contributed by atoms with Crippen molar-refractivity contribution in [1.82, 2.24) is 19.9 Å². The summed E-state index contributed by atoms with van der Waals surface area (Å²) in [4.78, 5) is 20.0. The molecule has 0 amide bonds. The third-order valence-electron chi connectivity index (χ3n) is 4.42. The fraction of sp³-hybridized carbons (Fsp3) is 0.556. The summed E-state index contributed by atoms with van der Waals surface area (Å²) < 4.78 is 5.14. The van der Waals surface area contributed by atoms with Gasteiger partial charge in [0.05, 0.1) is 0 Å². The topological polar surface area (TPSA) is 76.1 Å². The Balaban J connectivity index is 1.59. The molecule has 0 aromatic carbocycles. The number of piperidine rings is 1. The first-order valence-corrected chi connectivity index (χ1v) is 8.84. The van der Waals surface area contributed by atoms with Crippen LogP contribution in [0.15, 0.2) is 18.5 Å². The van der Waals surface area contributed by atoms with Crippen molar-refractivity contribution in [3.63, 3.8) is 0 Å². The molecule has 1 saturated heterocycles. The van der Waals surface area contributed by atoms with Crippen LogP contribution in [-0.4, -0.2) is 46.2 Å². The van der Waals surface area contributed by atoms with Gasteiger partial charge in [0.25, 0.3) is 0 Å². The second-order valence-electron chi connectivity index (χ2n) is 6.37. The molecule has 1 fully saturated rings. The average molecular weight is 342 g/mol. The van der Waals surface area contributed by atoms with Crippen LogP contribution < -0.4 is 10.2 Å². The van der Waals surface area contributed by atoms with Gasteiger partial charge in [0.2, 0.25) is 0 Å². The summed E-state index contributed by atoms with van der Waals surface area (Å²) in [5, 5.41) is 3.55. The third-order valence-corrected chi connectivity index (χ3v) is 4.42. The lowest BCUT2D eigenvalue weighted by Crippen LogP contribution is -2.39. The normalized spacial score (nSPS) is 15.4. The average Bonchev–Trinajstić information content (AvgIpc) is 2.62. The van der Waals surface area contributed by atoms with Gasteiger partial charge in [0, 0.05) is 49.8 Å². The van der Waals surface area contributed by atoms with Crippen molar-refractivity contribution in [1.29, 1.82) is 0 Å². The number of nitrogens with zero attached hydrogens (tertiary/aromatic N) is 5. The molecule has 7 heteroatoms. The summed E-state index contributed by atoms with van der Waals surface area (Å²) in [5.41, 5.74) is 2.04. The number of rotatable bonds is 6. The summed E-state index contributed by atoms with van der Waals surface area (Å²) in [5.74, 6) is 2.63. The van der Waals surface area contributed by atoms with Crippen LogP contribution in [0.4, 0.5) is 11.6 Å². The largest absolute Gasteiger partial charge is 0.377 e. The second-order valence-corrected chi connectivity index (χ2v) is 6.37. The standard InChI is InChI=1S/C18H26N6O/c1-4-14-10-18(20-12-19-14)24-7-5-15(6-8-24)22-16-9-13(2)21-17(23-16)11-25-3/h9-10,12,15H,4-8,11H2,1-3H3,(H,21,22,23). The Morgan fingerprint density at radius 1 is 1.20 bits per heavy atom. The first kappa shape index (κ1) is 17.5. The molecule has 25 heavy (non-hydrogen) atoms. The van der Waals surface area contributed by atoms with E-state index in [0.29, 0.717) is 12.6 Å². The van der Waals surface area contributed by atoms with Crippen LogP contribution in [0.3, 0.4) is 0 Å². The van der Waals surface area contributed by atoms with Gasteiger partial charge in [0.15, 0.2) is 5.82 Å². The van der Waals surface area contributed by atoms with Crippen molar-refractivity contribution >= 4 is 11.6 Å². The molecule has 1 aliphatic heterocycles. The Bertz CT molecular complexity index is 700.